The van der Waals surface area contributed by atoms with Gasteiger partial charge in [-0.2, -0.15) is 0 Å². The van der Waals surface area contributed by atoms with Gasteiger partial charge in [0.25, 0.3) is 0 Å². The number of ether oxygens (including phenoxy) is 4. The maximum Gasteiger partial charge on any atom is 0.188 e. The molecule has 0 bridgehead atoms. The summed E-state index contributed by atoms with van der Waals surface area (Å²) in [6.07, 6.45) is 4.28. The number of pyridine rings is 1. The van der Waals surface area contributed by atoms with Crippen LogP contribution in [0.15, 0.2) is 24.4 Å². The van der Waals surface area contributed by atoms with Gasteiger partial charge in [0.05, 0.1) is 0 Å². The normalized spacial score (nSPS) is 14.4. The zero-order valence-corrected chi connectivity index (χ0v) is 12.3. The summed E-state index contributed by atoms with van der Waals surface area (Å²) in [5.74, 6) is 2.11. The van der Waals surface area contributed by atoms with Crippen molar-refractivity contribution in [1.29, 1.82) is 0 Å². The molecule has 1 heterocycles. The molecule has 0 atom stereocenters. The number of aromatic nitrogens is 1. The van der Waals surface area contributed by atoms with Crippen molar-refractivity contribution in [3.63, 3.8) is 0 Å². The van der Waals surface area contributed by atoms with E-state index in [0.29, 0.717) is 5.92 Å². The zero-order valence-electron chi connectivity index (χ0n) is 12.3. The molecule has 0 saturated heterocycles. The first kappa shape index (κ1) is 14.1. The Bertz CT molecular complexity index is 625. The summed E-state index contributed by atoms with van der Waals surface area (Å²) < 4.78 is 21.2. The molecule has 112 valence electrons. The topological polar surface area (TPSA) is 49.8 Å². The third-order valence-corrected chi connectivity index (χ3v) is 3.50. The Balaban J connectivity index is 2.02. The summed E-state index contributed by atoms with van der Waals surface area (Å²) in [4.78, 5) is 4.55. The summed E-state index contributed by atoms with van der Waals surface area (Å²) in [5.41, 5.74) is 1.12. The van der Waals surface area contributed by atoms with Crippen molar-refractivity contribution < 1.29 is 18.9 Å². The average molecular weight is 289 g/mol. The van der Waals surface area contributed by atoms with Gasteiger partial charge in [-0.3, -0.25) is 4.98 Å². The van der Waals surface area contributed by atoms with E-state index < -0.39 is 0 Å². The van der Waals surface area contributed by atoms with E-state index in [1.54, 1.807) is 14.2 Å². The molecule has 0 unspecified atom stereocenters. The van der Waals surface area contributed by atoms with Crippen LogP contribution in [0.3, 0.4) is 0 Å². The number of methoxy groups -OCH3 is 2. The molecule has 0 radical (unpaired) electrons. The molecule has 2 aromatic rings. The van der Waals surface area contributed by atoms with E-state index in [9.17, 15) is 0 Å². The summed E-state index contributed by atoms with van der Waals surface area (Å²) in [6, 6.07) is 5.85. The van der Waals surface area contributed by atoms with Gasteiger partial charge in [-0.15, -0.1) is 0 Å². The zero-order chi connectivity index (χ0) is 14.7. The number of hydrogen-bond donors (Lipinski definition) is 0. The Labute approximate surface area is 123 Å². The van der Waals surface area contributed by atoms with E-state index in [0.717, 1.165) is 28.0 Å². The van der Waals surface area contributed by atoms with Crippen molar-refractivity contribution in [2.45, 2.75) is 18.8 Å². The number of rotatable bonds is 7. The number of nitrogens with zero attached hydrogens (tertiary/aromatic N) is 1. The number of fused-ring (bicyclic) bond motifs is 1. The smallest absolute Gasteiger partial charge is 0.188 e. The van der Waals surface area contributed by atoms with Crippen LogP contribution in [-0.2, 0) is 9.47 Å². The maximum atomic E-state index is 5.65. The summed E-state index contributed by atoms with van der Waals surface area (Å²) in [5, 5.41) is 1.92. The molecule has 1 fully saturated rings. The van der Waals surface area contributed by atoms with Crippen LogP contribution in [0.4, 0.5) is 0 Å². The highest BCUT2D eigenvalue weighted by atomic mass is 16.7. The fourth-order valence-corrected chi connectivity index (χ4v) is 2.30. The van der Waals surface area contributed by atoms with E-state index in [2.05, 4.69) is 11.1 Å². The summed E-state index contributed by atoms with van der Waals surface area (Å²) in [7, 11) is 3.21. The highest BCUT2D eigenvalue weighted by Gasteiger charge is 2.25. The van der Waals surface area contributed by atoms with Gasteiger partial charge < -0.3 is 18.9 Å². The van der Waals surface area contributed by atoms with Crippen LogP contribution in [0.2, 0.25) is 0 Å². The van der Waals surface area contributed by atoms with Crippen LogP contribution in [-0.4, -0.2) is 32.8 Å². The third kappa shape index (κ3) is 3.09. The van der Waals surface area contributed by atoms with Crippen molar-refractivity contribution in [3.8, 4) is 11.5 Å². The molecule has 0 N–H and O–H groups in total. The van der Waals surface area contributed by atoms with Gasteiger partial charge in [-0.05, 0) is 31.0 Å². The minimum absolute atomic E-state index is 0.206. The van der Waals surface area contributed by atoms with Crippen LogP contribution in [0.5, 0.6) is 11.5 Å². The van der Waals surface area contributed by atoms with Gasteiger partial charge in [0.2, 0.25) is 0 Å². The van der Waals surface area contributed by atoms with Crippen LogP contribution >= 0.6 is 0 Å². The summed E-state index contributed by atoms with van der Waals surface area (Å²) in [6.45, 7) is 0.423. The van der Waals surface area contributed by atoms with Gasteiger partial charge in [0, 0.05) is 42.8 Å². The Hall–Kier alpha value is -1.85. The minimum atomic E-state index is 0.206. The second kappa shape index (κ2) is 6.28. The molecule has 0 aliphatic heterocycles. The Kier molecular flexibility index (Phi) is 4.22. The van der Waals surface area contributed by atoms with Gasteiger partial charge in [0.1, 0.15) is 11.5 Å². The molecule has 1 aromatic carbocycles. The predicted octanol–water partition coefficient (Wildman–Crippen LogP) is 3.08. The second-order valence-electron chi connectivity index (χ2n) is 5.09. The van der Waals surface area contributed by atoms with Crippen molar-refractivity contribution in [2.24, 2.45) is 0 Å². The lowest BCUT2D eigenvalue weighted by atomic mass is 10.1. The Morgan fingerprint density at radius 1 is 1.00 bits per heavy atom. The monoisotopic (exact) mass is 289 g/mol. The Morgan fingerprint density at radius 3 is 2.19 bits per heavy atom. The molecule has 5 heteroatoms. The van der Waals surface area contributed by atoms with Crippen LogP contribution in [0, 0.1) is 0 Å². The molecule has 5 nitrogen and oxygen atoms in total. The molecular weight excluding hydrogens is 270 g/mol. The lowest BCUT2D eigenvalue weighted by Gasteiger charge is -2.13. The Morgan fingerprint density at radius 2 is 1.62 bits per heavy atom. The lowest BCUT2D eigenvalue weighted by molar-refractivity contribution is 0.0500. The van der Waals surface area contributed by atoms with Crippen molar-refractivity contribution in [2.75, 3.05) is 27.8 Å². The quantitative estimate of drug-likeness (QED) is 0.733. The molecule has 0 spiro atoms. The van der Waals surface area contributed by atoms with Gasteiger partial charge in [-0.25, -0.2) is 0 Å². The fraction of sp³-hybridized carbons (Fsp3) is 0.438. The molecule has 1 aliphatic rings. The van der Waals surface area contributed by atoms with Crippen molar-refractivity contribution in [3.05, 3.63) is 30.1 Å². The van der Waals surface area contributed by atoms with Gasteiger partial charge in [0.15, 0.2) is 13.6 Å². The first-order valence-corrected chi connectivity index (χ1v) is 6.99. The first-order valence-electron chi connectivity index (χ1n) is 6.99. The predicted molar refractivity (Wildman–Crippen MR) is 78.7 cm³/mol. The van der Waals surface area contributed by atoms with Crippen LogP contribution in [0.25, 0.3) is 10.8 Å². The van der Waals surface area contributed by atoms with Crippen molar-refractivity contribution >= 4 is 10.8 Å². The molecule has 3 rings (SSSR count). The largest absolute Gasteiger partial charge is 0.467 e. The van der Waals surface area contributed by atoms with Gasteiger partial charge in [-0.1, -0.05) is 0 Å². The third-order valence-electron chi connectivity index (χ3n) is 3.50. The SMILES string of the molecule is COCOc1ccc(OCOC)c2cc(C3CC3)ncc12. The molecule has 0 amide bonds. The van der Waals surface area contributed by atoms with E-state index in [-0.39, 0.29) is 13.6 Å². The summed E-state index contributed by atoms with van der Waals surface area (Å²) >= 11 is 0. The van der Waals surface area contributed by atoms with E-state index in [4.69, 9.17) is 18.9 Å². The van der Waals surface area contributed by atoms with E-state index in [1.165, 1.54) is 12.8 Å². The lowest BCUT2D eigenvalue weighted by Crippen LogP contribution is -2.02. The molecule has 1 aromatic heterocycles. The van der Waals surface area contributed by atoms with E-state index >= 15 is 0 Å². The maximum absolute atomic E-state index is 5.65. The fourth-order valence-electron chi connectivity index (χ4n) is 2.30. The highest BCUT2D eigenvalue weighted by molar-refractivity contribution is 5.93. The number of benzene rings is 1. The molecule has 1 aliphatic carbocycles. The molecule has 21 heavy (non-hydrogen) atoms. The molecular formula is C16H19NO4. The van der Waals surface area contributed by atoms with Crippen LogP contribution in [0.1, 0.15) is 24.5 Å². The highest BCUT2D eigenvalue weighted by Crippen LogP contribution is 2.42. The van der Waals surface area contributed by atoms with Crippen LogP contribution < -0.4 is 9.47 Å². The van der Waals surface area contributed by atoms with Crippen molar-refractivity contribution in [1.82, 2.24) is 4.98 Å². The first-order chi connectivity index (χ1) is 10.3. The van der Waals surface area contributed by atoms with Gasteiger partial charge >= 0.3 is 0 Å². The standard InChI is InChI=1S/C16H19NO4/c1-18-9-20-15-5-6-16(21-10-19-2)13-8-17-14(7-12(13)15)11-3-4-11/h5-8,11H,3-4,9-10H2,1-2H3. The van der Waals surface area contributed by atoms with E-state index in [1.807, 2.05) is 18.3 Å². The second-order valence-corrected chi connectivity index (χ2v) is 5.09. The minimum Gasteiger partial charge on any atom is -0.467 e. The molecule has 1 saturated carbocycles. The average Bonchev–Trinajstić information content (AvgIpc) is 3.35. The number of hydrogen-bond acceptors (Lipinski definition) is 5.